The first kappa shape index (κ1) is 20.2. The Bertz CT molecular complexity index is 877. The molecule has 1 amide bonds. The van der Waals surface area contributed by atoms with Crippen molar-refractivity contribution in [3.63, 3.8) is 0 Å². The minimum absolute atomic E-state index is 0.0427. The number of aromatic nitrogens is 1. The maximum absolute atomic E-state index is 13.0. The Kier molecular flexibility index (Phi) is 5.92. The average Bonchev–Trinajstić information content (AvgIpc) is 2.77. The van der Waals surface area contributed by atoms with Crippen LogP contribution in [0.5, 0.6) is 0 Å². The van der Waals surface area contributed by atoms with Gasteiger partial charge in [-0.25, -0.2) is 0 Å². The summed E-state index contributed by atoms with van der Waals surface area (Å²) in [7, 11) is 0. The van der Waals surface area contributed by atoms with Crippen LogP contribution in [0.4, 0.5) is 0 Å². The molecule has 3 rings (SSSR count). The number of carboxylic acids is 1. The number of carbonyl (C=O) groups excluding carboxylic acids is 1. The molecule has 1 heterocycles. The van der Waals surface area contributed by atoms with Crippen LogP contribution < -0.4 is 5.32 Å². The van der Waals surface area contributed by atoms with Gasteiger partial charge in [-0.05, 0) is 82.7 Å². The van der Waals surface area contributed by atoms with E-state index < -0.39 is 5.97 Å². The second-order valence-electron chi connectivity index (χ2n) is 8.18. The summed E-state index contributed by atoms with van der Waals surface area (Å²) < 4.78 is 2.13. The van der Waals surface area contributed by atoms with E-state index in [0.29, 0.717) is 18.4 Å². The SMILES string of the molecule is Cc1cc(C)cc(-n2c(C)cc(C(=O)NC3CCCC(C(=O)O)CC3)c2C)c1. The zero-order chi connectivity index (χ0) is 20.4. The highest BCUT2D eigenvalue weighted by Crippen LogP contribution is 2.25. The van der Waals surface area contributed by atoms with Crippen LogP contribution in [0.25, 0.3) is 5.69 Å². The van der Waals surface area contributed by atoms with Crippen LogP contribution in [0.15, 0.2) is 24.3 Å². The lowest BCUT2D eigenvalue weighted by Gasteiger charge is -2.17. The number of nitrogens with zero attached hydrogens (tertiary/aromatic N) is 1. The fraction of sp³-hybridized carbons (Fsp3) is 0.478. The first-order valence-electron chi connectivity index (χ1n) is 10.1. The van der Waals surface area contributed by atoms with E-state index in [9.17, 15) is 14.7 Å². The predicted molar refractivity (Wildman–Crippen MR) is 110 cm³/mol. The molecule has 28 heavy (non-hydrogen) atoms. The van der Waals surface area contributed by atoms with Crippen molar-refractivity contribution in [2.24, 2.45) is 5.92 Å². The quantitative estimate of drug-likeness (QED) is 0.766. The molecule has 0 radical (unpaired) electrons. The molecule has 0 bridgehead atoms. The molecule has 5 nitrogen and oxygen atoms in total. The van der Waals surface area contributed by atoms with Gasteiger partial charge < -0.3 is 15.0 Å². The lowest BCUT2D eigenvalue weighted by molar-refractivity contribution is -0.142. The maximum atomic E-state index is 13.0. The topological polar surface area (TPSA) is 71.3 Å². The number of benzene rings is 1. The summed E-state index contributed by atoms with van der Waals surface area (Å²) in [6, 6.07) is 8.39. The van der Waals surface area contributed by atoms with Crippen molar-refractivity contribution in [3.8, 4) is 5.69 Å². The zero-order valence-electron chi connectivity index (χ0n) is 17.2. The van der Waals surface area contributed by atoms with Crippen LogP contribution in [0.1, 0.15) is 65.0 Å². The molecule has 1 fully saturated rings. The van der Waals surface area contributed by atoms with Crippen LogP contribution in [0, 0.1) is 33.6 Å². The molecule has 5 heteroatoms. The van der Waals surface area contributed by atoms with Crippen molar-refractivity contribution in [3.05, 3.63) is 52.3 Å². The molecule has 1 saturated carbocycles. The first-order chi connectivity index (χ1) is 13.3. The normalized spacial score (nSPS) is 19.9. The molecule has 0 aliphatic heterocycles. The Balaban J connectivity index is 1.79. The van der Waals surface area contributed by atoms with Crippen molar-refractivity contribution < 1.29 is 14.7 Å². The first-order valence-corrected chi connectivity index (χ1v) is 10.1. The minimum Gasteiger partial charge on any atom is -0.481 e. The van der Waals surface area contributed by atoms with Gasteiger partial charge in [0.25, 0.3) is 5.91 Å². The van der Waals surface area contributed by atoms with Crippen molar-refractivity contribution in [1.29, 1.82) is 0 Å². The Hall–Kier alpha value is -2.56. The highest BCUT2D eigenvalue weighted by Gasteiger charge is 2.25. The van der Waals surface area contributed by atoms with Gasteiger partial charge in [0.1, 0.15) is 0 Å². The van der Waals surface area contributed by atoms with E-state index in [-0.39, 0.29) is 17.9 Å². The fourth-order valence-electron chi connectivity index (χ4n) is 4.43. The largest absolute Gasteiger partial charge is 0.481 e. The van der Waals surface area contributed by atoms with Gasteiger partial charge in [0.2, 0.25) is 0 Å². The number of aliphatic carboxylic acids is 1. The Morgan fingerprint density at radius 3 is 2.29 bits per heavy atom. The van der Waals surface area contributed by atoms with Gasteiger partial charge in [-0.1, -0.05) is 12.5 Å². The van der Waals surface area contributed by atoms with Crippen LogP contribution >= 0.6 is 0 Å². The number of hydrogen-bond acceptors (Lipinski definition) is 2. The van der Waals surface area contributed by atoms with Crippen LogP contribution in [-0.2, 0) is 4.79 Å². The smallest absolute Gasteiger partial charge is 0.306 e. The Morgan fingerprint density at radius 2 is 1.64 bits per heavy atom. The molecule has 1 aromatic carbocycles. The standard InChI is InChI=1S/C23H30N2O3/c1-14-10-15(2)12-20(11-14)25-16(3)13-21(17(25)4)22(26)24-19-7-5-6-18(8-9-19)23(27)28/h10-13,18-19H,5-9H2,1-4H3,(H,24,26)(H,27,28). The second-order valence-corrected chi connectivity index (χ2v) is 8.18. The fourth-order valence-corrected chi connectivity index (χ4v) is 4.43. The molecular weight excluding hydrogens is 352 g/mol. The number of amides is 1. The minimum atomic E-state index is -0.719. The van der Waals surface area contributed by atoms with Gasteiger partial charge in [0, 0.05) is 23.1 Å². The third kappa shape index (κ3) is 4.29. The number of nitrogens with one attached hydrogen (secondary N) is 1. The molecule has 0 saturated heterocycles. The molecular formula is C23H30N2O3. The summed E-state index contributed by atoms with van der Waals surface area (Å²) in [4.78, 5) is 24.2. The third-order valence-electron chi connectivity index (χ3n) is 5.79. The lowest BCUT2D eigenvalue weighted by Crippen LogP contribution is -2.34. The molecule has 0 spiro atoms. The van der Waals surface area contributed by atoms with Crippen LogP contribution in [-0.4, -0.2) is 27.6 Å². The van der Waals surface area contributed by atoms with E-state index in [0.717, 1.165) is 36.3 Å². The summed E-state index contributed by atoms with van der Waals surface area (Å²) >= 11 is 0. The van der Waals surface area contributed by atoms with E-state index in [1.807, 2.05) is 19.9 Å². The van der Waals surface area contributed by atoms with Crippen molar-refractivity contribution in [2.75, 3.05) is 0 Å². The number of aryl methyl sites for hydroxylation is 3. The molecule has 2 aromatic rings. The molecule has 1 aliphatic carbocycles. The molecule has 1 aromatic heterocycles. The monoisotopic (exact) mass is 382 g/mol. The zero-order valence-corrected chi connectivity index (χ0v) is 17.2. The summed E-state index contributed by atoms with van der Waals surface area (Å²) in [6.45, 7) is 8.15. The van der Waals surface area contributed by atoms with E-state index >= 15 is 0 Å². The summed E-state index contributed by atoms with van der Waals surface area (Å²) in [5.41, 5.74) is 6.11. The summed E-state index contributed by atoms with van der Waals surface area (Å²) in [5.74, 6) is -1.07. The predicted octanol–water partition coefficient (Wildman–Crippen LogP) is 4.47. The van der Waals surface area contributed by atoms with E-state index in [2.05, 4.69) is 41.9 Å². The van der Waals surface area contributed by atoms with E-state index in [1.54, 1.807) is 0 Å². The van der Waals surface area contributed by atoms with Gasteiger partial charge >= 0.3 is 5.97 Å². The van der Waals surface area contributed by atoms with Gasteiger partial charge in [-0.3, -0.25) is 9.59 Å². The van der Waals surface area contributed by atoms with E-state index in [1.165, 1.54) is 11.1 Å². The molecule has 2 atom stereocenters. The summed E-state index contributed by atoms with van der Waals surface area (Å²) in [6.07, 6.45) is 3.72. The molecule has 2 N–H and O–H groups in total. The highest BCUT2D eigenvalue weighted by molar-refractivity contribution is 5.96. The summed E-state index contributed by atoms with van der Waals surface area (Å²) in [5, 5.41) is 12.4. The van der Waals surface area contributed by atoms with Crippen molar-refractivity contribution in [1.82, 2.24) is 9.88 Å². The van der Waals surface area contributed by atoms with Gasteiger partial charge in [0.15, 0.2) is 0 Å². The second kappa shape index (κ2) is 8.21. The molecule has 150 valence electrons. The number of hydrogen-bond donors (Lipinski definition) is 2. The van der Waals surface area contributed by atoms with Crippen molar-refractivity contribution >= 4 is 11.9 Å². The lowest BCUT2D eigenvalue weighted by atomic mass is 10.0. The Morgan fingerprint density at radius 1 is 0.964 bits per heavy atom. The third-order valence-corrected chi connectivity index (χ3v) is 5.79. The number of carboxylic acid groups (broad SMARTS) is 1. The molecule has 2 unspecified atom stereocenters. The van der Waals surface area contributed by atoms with Crippen LogP contribution in [0.2, 0.25) is 0 Å². The number of rotatable bonds is 4. The number of carbonyl (C=O) groups is 2. The van der Waals surface area contributed by atoms with Gasteiger partial charge in [-0.2, -0.15) is 0 Å². The highest BCUT2D eigenvalue weighted by atomic mass is 16.4. The van der Waals surface area contributed by atoms with Gasteiger partial charge in [0.05, 0.1) is 11.5 Å². The van der Waals surface area contributed by atoms with Gasteiger partial charge in [-0.15, -0.1) is 0 Å². The van der Waals surface area contributed by atoms with E-state index in [4.69, 9.17) is 0 Å². The van der Waals surface area contributed by atoms with Crippen LogP contribution in [0.3, 0.4) is 0 Å². The Labute approximate surface area is 166 Å². The average molecular weight is 383 g/mol. The molecule has 1 aliphatic rings. The maximum Gasteiger partial charge on any atom is 0.306 e. The van der Waals surface area contributed by atoms with Crippen molar-refractivity contribution in [2.45, 2.75) is 65.8 Å².